The summed E-state index contributed by atoms with van der Waals surface area (Å²) in [5, 5.41) is 8.08. The van der Waals surface area contributed by atoms with Crippen LogP contribution < -0.4 is 10.6 Å². The van der Waals surface area contributed by atoms with Crippen molar-refractivity contribution in [3.05, 3.63) is 47.2 Å². The van der Waals surface area contributed by atoms with Gasteiger partial charge in [-0.1, -0.05) is 23.8 Å². The summed E-state index contributed by atoms with van der Waals surface area (Å²) in [5.74, 6) is 0.899. The molecule has 0 atom stereocenters. The molecule has 5 nitrogen and oxygen atoms in total. The van der Waals surface area contributed by atoms with Crippen LogP contribution in [0.3, 0.4) is 0 Å². The summed E-state index contributed by atoms with van der Waals surface area (Å²) in [4.78, 5) is 8.10. The first kappa shape index (κ1) is 21.8. The average Bonchev–Trinajstić information content (AvgIpc) is 3.04. The Kier molecular flexibility index (Phi) is 9.14. The van der Waals surface area contributed by atoms with E-state index in [1.165, 1.54) is 27.6 Å². The number of hydrogen-bond donors (Lipinski definition) is 3. The van der Waals surface area contributed by atoms with Crippen LogP contribution in [-0.4, -0.2) is 43.8 Å². The molecule has 0 unspecified atom stereocenters. The van der Waals surface area contributed by atoms with E-state index in [2.05, 4.69) is 59.9 Å². The Morgan fingerprint density at radius 3 is 2.93 bits per heavy atom. The first-order valence-corrected chi connectivity index (χ1v) is 9.60. The van der Waals surface area contributed by atoms with E-state index in [9.17, 15) is 0 Å². The molecule has 0 radical (unpaired) electrons. The van der Waals surface area contributed by atoms with Crippen molar-refractivity contribution in [2.45, 2.75) is 33.1 Å². The van der Waals surface area contributed by atoms with Gasteiger partial charge in [0.1, 0.15) is 0 Å². The molecule has 0 fully saturated rings. The molecule has 0 spiro atoms. The molecule has 0 bridgehead atoms. The normalized spacial score (nSPS) is 14.6. The number of hydrogen-bond acceptors (Lipinski definition) is 2. The van der Waals surface area contributed by atoms with Crippen LogP contribution in [0.2, 0.25) is 0 Å². The minimum absolute atomic E-state index is 0. The lowest BCUT2D eigenvalue weighted by Crippen LogP contribution is -2.38. The van der Waals surface area contributed by atoms with E-state index >= 15 is 0 Å². The molecule has 148 valence electrons. The number of aliphatic imine (C=N–C) groups is 1. The number of aromatic amines is 1. The number of nitrogens with one attached hydrogen (secondary N) is 3. The molecule has 1 aliphatic rings. The zero-order valence-corrected chi connectivity index (χ0v) is 18.6. The van der Waals surface area contributed by atoms with Crippen molar-refractivity contribution in [1.82, 2.24) is 15.6 Å². The summed E-state index contributed by atoms with van der Waals surface area (Å²) < 4.78 is 5.36. The summed E-state index contributed by atoms with van der Waals surface area (Å²) in [7, 11) is 0. The van der Waals surface area contributed by atoms with Gasteiger partial charge in [0.05, 0.1) is 13.2 Å². The second-order valence-electron chi connectivity index (χ2n) is 6.74. The van der Waals surface area contributed by atoms with Crippen LogP contribution in [0.15, 0.2) is 41.0 Å². The van der Waals surface area contributed by atoms with E-state index in [4.69, 9.17) is 9.73 Å². The molecule has 2 aromatic rings. The molecule has 0 aliphatic carbocycles. The van der Waals surface area contributed by atoms with Gasteiger partial charge in [0.15, 0.2) is 5.96 Å². The summed E-state index contributed by atoms with van der Waals surface area (Å²) in [6.07, 6.45) is 7.35. The second-order valence-corrected chi connectivity index (χ2v) is 6.74. The third-order valence-corrected chi connectivity index (χ3v) is 4.71. The van der Waals surface area contributed by atoms with Gasteiger partial charge in [-0.3, -0.25) is 4.99 Å². The Morgan fingerprint density at radius 2 is 2.15 bits per heavy atom. The molecule has 1 aromatic carbocycles. The first-order chi connectivity index (χ1) is 12.8. The zero-order valence-electron chi connectivity index (χ0n) is 16.3. The largest absolute Gasteiger partial charge is 0.377 e. The van der Waals surface area contributed by atoms with Gasteiger partial charge in [-0.05, 0) is 50.3 Å². The predicted molar refractivity (Wildman–Crippen MR) is 124 cm³/mol. The smallest absolute Gasteiger partial charge is 0.191 e. The van der Waals surface area contributed by atoms with Crippen LogP contribution in [0.25, 0.3) is 10.9 Å². The van der Waals surface area contributed by atoms with Crippen LogP contribution >= 0.6 is 24.0 Å². The fourth-order valence-electron chi connectivity index (χ4n) is 3.27. The van der Waals surface area contributed by atoms with Crippen molar-refractivity contribution in [2.75, 3.05) is 32.8 Å². The predicted octanol–water partition coefficient (Wildman–Crippen LogP) is 3.93. The highest BCUT2D eigenvalue weighted by atomic mass is 127. The third-order valence-electron chi connectivity index (χ3n) is 4.71. The van der Waals surface area contributed by atoms with E-state index in [1.807, 2.05) is 0 Å². The quantitative estimate of drug-likeness (QED) is 0.243. The highest BCUT2D eigenvalue weighted by Crippen LogP contribution is 2.19. The molecule has 0 saturated heterocycles. The maximum Gasteiger partial charge on any atom is 0.191 e. The van der Waals surface area contributed by atoms with Gasteiger partial charge in [-0.2, -0.15) is 0 Å². The van der Waals surface area contributed by atoms with Gasteiger partial charge in [0, 0.05) is 36.7 Å². The molecule has 0 saturated carbocycles. The molecular formula is C21H31IN4O. The van der Waals surface area contributed by atoms with E-state index in [0.29, 0.717) is 0 Å². The summed E-state index contributed by atoms with van der Waals surface area (Å²) in [6, 6.07) is 6.56. The summed E-state index contributed by atoms with van der Waals surface area (Å²) in [6.45, 7) is 8.37. The number of ether oxygens (including phenoxy) is 1. The molecule has 0 amide bonds. The standard InChI is InChI=1S/C21H30N4O.HI/c1-3-22-21(23-10-6-17-8-12-26-13-9-17)24-11-7-18-15-25-20-14-16(2)4-5-19(18)20;/h4-5,8,14-15,25H,3,6-7,9-13H2,1-2H3,(H2,22,23,24);1H. The van der Waals surface area contributed by atoms with E-state index in [1.54, 1.807) is 0 Å². The molecule has 3 rings (SSSR count). The van der Waals surface area contributed by atoms with E-state index in [0.717, 1.165) is 58.1 Å². The number of fused-ring (bicyclic) bond motifs is 1. The van der Waals surface area contributed by atoms with Gasteiger partial charge >= 0.3 is 0 Å². The van der Waals surface area contributed by atoms with Crippen molar-refractivity contribution in [1.29, 1.82) is 0 Å². The Balaban J connectivity index is 0.00000261. The van der Waals surface area contributed by atoms with E-state index < -0.39 is 0 Å². The lowest BCUT2D eigenvalue weighted by Gasteiger charge is -2.15. The van der Waals surface area contributed by atoms with Crippen LogP contribution in [0.5, 0.6) is 0 Å². The molecule has 6 heteroatoms. The fraction of sp³-hybridized carbons (Fsp3) is 0.476. The monoisotopic (exact) mass is 482 g/mol. The number of guanidine groups is 1. The molecule has 1 aromatic heterocycles. The van der Waals surface area contributed by atoms with Gasteiger partial charge in [0.2, 0.25) is 0 Å². The van der Waals surface area contributed by atoms with Crippen molar-refractivity contribution >= 4 is 40.8 Å². The highest BCUT2D eigenvalue weighted by molar-refractivity contribution is 14.0. The minimum Gasteiger partial charge on any atom is -0.377 e. The number of nitrogens with zero attached hydrogens (tertiary/aromatic N) is 1. The van der Waals surface area contributed by atoms with Crippen LogP contribution in [-0.2, 0) is 11.2 Å². The third kappa shape index (κ3) is 6.53. The Morgan fingerprint density at radius 1 is 1.26 bits per heavy atom. The Labute approximate surface area is 179 Å². The van der Waals surface area contributed by atoms with Crippen LogP contribution in [0.4, 0.5) is 0 Å². The van der Waals surface area contributed by atoms with Gasteiger partial charge < -0.3 is 20.4 Å². The lowest BCUT2D eigenvalue weighted by atomic mass is 10.1. The Hall–Kier alpha value is -1.54. The minimum atomic E-state index is 0. The molecular weight excluding hydrogens is 451 g/mol. The first-order valence-electron chi connectivity index (χ1n) is 9.60. The number of aromatic nitrogens is 1. The zero-order chi connectivity index (χ0) is 18.2. The highest BCUT2D eigenvalue weighted by Gasteiger charge is 2.05. The summed E-state index contributed by atoms with van der Waals surface area (Å²) >= 11 is 0. The van der Waals surface area contributed by atoms with Crippen molar-refractivity contribution in [3.8, 4) is 0 Å². The van der Waals surface area contributed by atoms with Crippen LogP contribution in [0, 0.1) is 6.92 Å². The van der Waals surface area contributed by atoms with Crippen molar-refractivity contribution in [2.24, 2.45) is 4.99 Å². The molecule has 27 heavy (non-hydrogen) atoms. The van der Waals surface area contributed by atoms with Gasteiger partial charge in [0.25, 0.3) is 0 Å². The van der Waals surface area contributed by atoms with Crippen molar-refractivity contribution < 1.29 is 4.74 Å². The molecule has 1 aliphatic heterocycles. The molecule has 3 N–H and O–H groups in total. The second kappa shape index (κ2) is 11.3. The Bertz CT molecular complexity index is 782. The summed E-state index contributed by atoms with van der Waals surface area (Å²) in [5.41, 5.74) is 5.29. The van der Waals surface area contributed by atoms with Gasteiger partial charge in [-0.25, -0.2) is 0 Å². The van der Waals surface area contributed by atoms with Crippen LogP contribution in [0.1, 0.15) is 30.9 Å². The molecule has 2 heterocycles. The average molecular weight is 482 g/mol. The number of H-pyrrole nitrogens is 1. The topological polar surface area (TPSA) is 61.4 Å². The maximum atomic E-state index is 5.36. The lowest BCUT2D eigenvalue weighted by molar-refractivity contribution is 0.153. The number of halogens is 1. The fourth-order valence-corrected chi connectivity index (χ4v) is 3.27. The number of benzene rings is 1. The van der Waals surface area contributed by atoms with Crippen molar-refractivity contribution in [3.63, 3.8) is 0 Å². The number of rotatable bonds is 7. The van der Waals surface area contributed by atoms with Gasteiger partial charge in [-0.15, -0.1) is 24.0 Å². The maximum absolute atomic E-state index is 5.36. The SMILES string of the molecule is CCNC(=NCCc1c[nH]c2cc(C)ccc12)NCCC1=CCOCC1.I. The van der Waals surface area contributed by atoms with E-state index in [-0.39, 0.29) is 24.0 Å². The number of aryl methyl sites for hydroxylation is 1.